The molecule has 2 rings (SSSR count). The molecule has 0 radical (unpaired) electrons. The number of hydrogen-bond acceptors (Lipinski definition) is 4. The van der Waals surface area contributed by atoms with E-state index in [0.717, 1.165) is 22.4 Å². The Labute approximate surface area is 148 Å². The maximum absolute atomic E-state index is 11.8. The van der Waals surface area contributed by atoms with E-state index in [1.54, 1.807) is 23.5 Å². The number of amides is 1. The van der Waals surface area contributed by atoms with Crippen LogP contribution in [0.2, 0.25) is 0 Å². The van der Waals surface area contributed by atoms with Gasteiger partial charge in [0.15, 0.2) is 6.61 Å². The van der Waals surface area contributed by atoms with Crippen molar-refractivity contribution in [1.82, 2.24) is 5.32 Å². The molecule has 0 aliphatic heterocycles. The first-order chi connectivity index (χ1) is 11.2. The fraction of sp³-hybridized carbons (Fsp3) is 0.353. The molecule has 0 fully saturated rings. The predicted octanol–water partition coefficient (Wildman–Crippen LogP) is 4.04. The van der Waals surface area contributed by atoms with E-state index in [2.05, 4.69) is 34.2 Å². The molecule has 1 heterocycles. The molecule has 6 heteroatoms. The van der Waals surface area contributed by atoms with Crippen LogP contribution in [0.25, 0.3) is 0 Å². The first-order valence-electron chi connectivity index (χ1n) is 7.54. The number of thiophene rings is 1. The normalized spacial score (nSPS) is 10.3. The van der Waals surface area contributed by atoms with Crippen LogP contribution in [0.5, 0.6) is 11.5 Å². The van der Waals surface area contributed by atoms with E-state index in [4.69, 9.17) is 9.47 Å². The van der Waals surface area contributed by atoms with Crippen LogP contribution in [-0.4, -0.2) is 25.7 Å². The van der Waals surface area contributed by atoms with E-state index in [9.17, 15) is 4.79 Å². The van der Waals surface area contributed by atoms with Crippen LogP contribution in [0, 0.1) is 0 Å². The van der Waals surface area contributed by atoms with Crippen molar-refractivity contribution >= 4 is 33.2 Å². The minimum Gasteiger partial charge on any atom is -0.494 e. The minimum atomic E-state index is -0.119. The summed E-state index contributed by atoms with van der Waals surface area (Å²) in [6.07, 6.45) is 1.80. The Balaban J connectivity index is 1.65. The zero-order chi connectivity index (χ0) is 16.5. The lowest BCUT2D eigenvalue weighted by Gasteiger charge is -2.08. The van der Waals surface area contributed by atoms with Crippen LogP contribution in [0.1, 0.15) is 18.2 Å². The quantitative estimate of drug-likeness (QED) is 0.694. The smallest absolute Gasteiger partial charge is 0.257 e. The molecule has 0 aliphatic rings. The number of halogens is 1. The van der Waals surface area contributed by atoms with E-state index in [1.807, 2.05) is 18.2 Å². The van der Waals surface area contributed by atoms with Crippen molar-refractivity contribution in [1.29, 1.82) is 0 Å². The molecule has 0 spiro atoms. The molecule has 1 amide bonds. The van der Waals surface area contributed by atoms with Crippen molar-refractivity contribution in [2.24, 2.45) is 0 Å². The number of rotatable bonds is 9. The van der Waals surface area contributed by atoms with Crippen molar-refractivity contribution in [3.05, 3.63) is 45.1 Å². The third-order valence-corrected chi connectivity index (χ3v) is 4.67. The Hall–Kier alpha value is -1.53. The lowest BCUT2D eigenvalue weighted by atomic mass is 10.3. The SMILES string of the molecule is CCCOc1ccc(OCC(=O)NCCc2ccc(Br)s2)cc1. The van der Waals surface area contributed by atoms with Gasteiger partial charge in [-0.1, -0.05) is 6.92 Å². The molecule has 0 atom stereocenters. The average molecular weight is 398 g/mol. The van der Waals surface area contributed by atoms with E-state index in [-0.39, 0.29) is 12.5 Å². The number of benzene rings is 1. The fourth-order valence-electron chi connectivity index (χ4n) is 1.86. The first kappa shape index (κ1) is 17.8. The summed E-state index contributed by atoms with van der Waals surface area (Å²) in [4.78, 5) is 13.0. The number of hydrogen-bond donors (Lipinski definition) is 1. The molecule has 1 aromatic heterocycles. The summed E-state index contributed by atoms with van der Waals surface area (Å²) in [5.41, 5.74) is 0. The van der Waals surface area contributed by atoms with E-state index in [0.29, 0.717) is 18.9 Å². The highest BCUT2D eigenvalue weighted by Crippen LogP contribution is 2.22. The van der Waals surface area contributed by atoms with Crippen LogP contribution in [0.4, 0.5) is 0 Å². The lowest BCUT2D eigenvalue weighted by molar-refractivity contribution is -0.123. The third-order valence-electron chi connectivity index (χ3n) is 2.99. The molecule has 0 saturated carbocycles. The number of carbonyl (C=O) groups is 1. The molecule has 4 nitrogen and oxygen atoms in total. The van der Waals surface area contributed by atoms with Gasteiger partial charge in [0.1, 0.15) is 11.5 Å². The summed E-state index contributed by atoms with van der Waals surface area (Å²) >= 11 is 5.10. The predicted molar refractivity (Wildman–Crippen MR) is 96.5 cm³/mol. The van der Waals surface area contributed by atoms with Gasteiger partial charge in [-0.15, -0.1) is 11.3 Å². The van der Waals surface area contributed by atoms with Gasteiger partial charge >= 0.3 is 0 Å². The Bertz CT molecular complexity index is 613. The van der Waals surface area contributed by atoms with Crippen LogP contribution < -0.4 is 14.8 Å². The second-order valence-corrected chi connectivity index (χ2v) is 7.46. The van der Waals surface area contributed by atoms with E-state index >= 15 is 0 Å². The summed E-state index contributed by atoms with van der Waals surface area (Å²) in [6, 6.07) is 11.4. The maximum atomic E-state index is 11.8. The standard InChI is InChI=1S/C17H20BrNO3S/c1-2-11-21-13-3-5-14(6-4-13)22-12-17(20)19-10-9-15-7-8-16(18)23-15/h3-8H,2,9-12H2,1H3,(H,19,20). The summed E-state index contributed by atoms with van der Waals surface area (Å²) in [7, 11) is 0. The van der Waals surface area contributed by atoms with Gasteiger partial charge in [0.25, 0.3) is 5.91 Å². The van der Waals surface area contributed by atoms with E-state index in [1.165, 1.54) is 4.88 Å². The lowest BCUT2D eigenvalue weighted by Crippen LogP contribution is -2.30. The second kappa shape index (κ2) is 9.57. The molecular weight excluding hydrogens is 378 g/mol. The Morgan fingerprint density at radius 3 is 2.43 bits per heavy atom. The third kappa shape index (κ3) is 6.62. The average Bonchev–Trinajstić information content (AvgIpc) is 2.97. The van der Waals surface area contributed by atoms with Gasteiger partial charge < -0.3 is 14.8 Å². The van der Waals surface area contributed by atoms with Crippen molar-refractivity contribution in [2.75, 3.05) is 19.8 Å². The van der Waals surface area contributed by atoms with Gasteiger partial charge in [-0.3, -0.25) is 4.79 Å². The van der Waals surface area contributed by atoms with Gasteiger partial charge in [0, 0.05) is 11.4 Å². The molecule has 0 saturated heterocycles. The number of ether oxygens (including phenoxy) is 2. The molecule has 0 unspecified atom stereocenters. The summed E-state index contributed by atoms with van der Waals surface area (Å²) < 4.78 is 12.1. The van der Waals surface area contributed by atoms with Crippen LogP contribution in [-0.2, 0) is 11.2 Å². The van der Waals surface area contributed by atoms with E-state index < -0.39 is 0 Å². The van der Waals surface area contributed by atoms with Crippen molar-refractivity contribution in [3.8, 4) is 11.5 Å². The van der Waals surface area contributed by atoms with Crippen molar-refractivity contribution in [3.63, 3.8) is 0 Å². The zero-order valence-corrected chi connectivity index (χ0v) is 15.4. The summed E-state index contributed by atoms with van der Waals surface area (Å²) in [5, 5.41) is 2.85. The molecular formula is C17H20BrNO3S. The first-order valence-corrected chi connectivity index (χ1v) is 9.15. The number of nitrogens with one attached hydrogen (secondary N) is 1. The molecule has 0 bridgehead atoms. The molecule has 0 aliphatic carbocycles. The minimum absolute atomic E-state index is 0.0172. The number of carbonyl (C=O) groups excluding carboxylic acids is 1. The summed E-state index contributed by atoms with van der Waals surface area (Å²) in [6.45, 7) is 3.39. The monoisotopic (exact) mass is 397 g/mol. The Morgan fingerprint density at radius 2 is 1.83 bits per heavy atom. The fourth-order valence-corrected chi connectivity index (χ4v) is 3.35. The highest BCUT2D eigenvalue weighted by atomic mass is 79.9. The van der Waals surface area contributed by atoms with Gasteiger partial charge in [0.2, 0.25) is 0 Å². The molecule has 124 valence electrons. The Kier molecular flexibility index (Phi) is 7.42. The second-order valence-electron chi connectivity index (χ2n) is 4.91. The van der Waals surface area contributed by atoms with Crippen LogP contribution >= 0.6 is 27.3 Å². The highest BCUT2D eigenvalue weighted by Gasteiger charge is 2.04. The van der Waals surface area contributed by atoms with Gasteiger partial charge in [-0.05, 0) is 65.2 Å². The Morgan fingerprint density at radius 1 is 1.13 bits per heavy atom. The van der Waals surface area contributed by atoms with Crippen molar-refractivity contribution in [2.45, 2.75) is 19.8 Å². The van der Waals surface area contributed by atoms with Crippen LogP contribution in [0.3, 0.4) is 0 Å². The largest absolute Gasteiger partial charge is 0.494 e. The summed E-state index contributed by atoms with van der Waals surface area (Å²) in [5.74, 6) is 1.35. The molecule has 1 aromatic carbocycles. The molecule has 23 heavy (non-hydrogen) atoms. The molecule has 2 aromatic rings. The zero-order valence-electron chi connectivity index (χ0n) is 13.0. The van der Waals surface area contributed by atoms with Crippen molar-refractivity contribution < 1.29 is 14.3 Å². The highest BCUT2D eigenvalue weighted by molar-refractivity contribution is 9.11. The van der Waals surface area contributed by atoms with Crippen LogP contribution in [0.15, 0.2) is 40.2 Å². The van der Waals surface area contributed by atoms with Gasteiger partial charge in [-0.25, -0.2) is 0 Å². The van der Waals surface area contributed by atoms with Gasteiger partial charge in [0.05, 0.1) is 10.4 Å². The maximum Gasteiger partial charge on any atom is 0.257 e. The van der Waals surface area contributed by atoms with Gasteiger partial charge in [-0.2, -0.15) is 0 Å². The topological polar surface area (TPSA) is 47.6 Å². The molecule has 1 N–H and O–H groups in total.